The van der Waals surface area contributed by atoms with Gasteiger partial charge in [0.25, 0.3) is 0 Å². The number of methoxy groups -OCH3 is 1. The zero-order valence-electron chi connectivity index (χ0n) is 15.7. The number of ether oxygens (including phenoxy) is 1. The molecule has 0 spiro atoms. The minimum absolute atomic E-state index is 0.0596. The van der Waals surface area contributed by atoms with Gasteiger partial charge in [-0.1, -0.05) is 0 Å². The van der Waals surface area contributed by atoms with Crippen LogP contribution >= 0.6 is 0 Å². The van der Waals surface area contributed by atoms with Crippen molar-refractivity contribution in [1.29, 1.82) is 0 Å². The molecule has 3 rings (SSSR count). The zero-order valence-corrected chi connectivity index (χ0v) is 18.5. The minimum atomic E-state index is -1.74. The molecule has 1 aliphatic carbocycles. The van der Waals surface area contributed by atoms with E-state index in [1.54, 1.807) is 7.11 Å². The number of piperidine rings is 1. The molecular weight excluding hydrogens is 393 g/mol. The molecule has 0 aromatic rings. The first kappa shape index (κ1) is 18.0. The van der Waals surface area contributed by atoms with E-state index in [9.17, 15) is 4.79 Å². The average molecular weight is 428 g/mol. The summed E-state index contributed by atoms with van der Waals surface area (Å²) in [6.07, 6.45) is 9.27. The van der Waals surface area contributed by atoms with Crippen molar-refractivity contribution < 1.29 is 9.53 Å². The van der Waals surface area contributed by atoms with Gasteiger partial charge in [0.1, 0.15) is 0 Å². The molecule has 2 bridgehead atoms. The van der Waals surface area contributed by atoms with Crippen molar-refractivity contribution in [1.82, 2.24) is 4.90 Å². The van der Waals surface area contributed by atoms with E-state index in [1.165, 1.54) is 44.9 Å². The molecule has 4 atom stereocenters. The van der Waals surface area contributed by atoms with Crippen molar-refractivity contribution in [3.8, 4) is 0 Å². The first-order chi connectivity index (χ1) is 10.8. The van der Waals surface area contributed by atoms with Crippen LogP contribution in [0.1, 0.15) is 44.9 Å². The summed E-state index contributed by atoms with van der Waals surface area (Å²) in [6, 6.07) is 1.15. The van der Waals surface area contributed by atoms with E-state index < -0.39 is 18.4 Å². The first-order valence-electron chi connectivity index (χ1n) is 9.62. The number of hydrogen-bond donors (Lipinski definition) is 0. The van der Waals surface area contributed by atoms with Crippen molar-refractivity contribution in [2.45, 2.75) is 75.8 Å². The number of hydrogen-bond acceptors (Lipinski definition) is 3. The van der Waals surface area contributed by atoms with Gasteiger partial charge in [0.2, 0.25) is 0 Å². The number of fused-ring (bicyclic) bond motifs is 2. The van der Waals surface area contributed by atoms with E-state index in [-0.39, 0.29) is 11.9 Å². The third-order valence-corrected chi connectivity index (χ3v) is 16.0. The summed E-state index contributed by atoms with van der Waals surface area (Å²) < 4.78 is 6.29. The Morgan fingerprint density at radius 1 is 1.04 bits per heavy atom. The predicted molar refractivity (Wildman–Crippen MR) is 97.2 cm³/mol. The number of rotatable bonds is 3. The topological polar surface area (TPSA) is 29.5 Å². The Hall–Kier alpha value is 0.229. The number of nitrogens with zero attached hydrogens (tertiary/aromatic N) is 1. The summed E-state index contributed by atoms with van der Waals surface area (Å²) in [4.78, 5) is 22.8. The molecule has 2 unspecified atom stereocenters. The standard InChI is InChI=1S/C16H26NO2.3CH3.Sn/c1-17-12-8-9-14(17)15(16(18)19-2)13(10-12)11-6-4-3-5-7-11;;;;/h3,11-15H,4-10H2,1-2H3;3*1H3;/t12-,13-,14?,15?;;;;/m1..../s1. The molecule has 3 nitrogen and oxygen atoms in total. The van der Waals surface area contributed by atoms with Gasteiger partial charge in [0.15, 0.2) is 0 Å². The molecule has 0 aromatic heterocycles. The van der Waals surface area contributed by atoms with Crippen LogP contribution in [-0.2, 0) is 9.53 Å². The zero-order chi connectivity index (χ0) is 16.8. The summed E-state index contributed by atoms with van der Waals surface area (Å²) in [5, 5.41) is 0. The number of carbonyl (C=O) groups excluding carboxylic acids is 1. The maximum atomic E-state index is 12.5. The fourth-order valence-electron chi connectivity index (χ4n) is 5.87. The molecule has 0 amide bonds. The van der Waals surface area contributed by atoms with Crippen LogP contribution in [0.15, 0.2) is 0 Å². The van der Waals surface area contributed by atoms with E-state index in [4.69, 9.17) is 4.74 Å². The van der Waals surface area contributed by atoms with Gasteiger partial charge in [-0.15, -0.1) is 0 Å². The Kier molecular flexibility index (Phi) is 5.37. The summed E-state index contributed by atoms with van der Waals surface area (Å²) in [7, 11) is 3.80. The van der Waals surface area contributed by atoms with Gasteiger partial charge in [0.05, 0.1) is 0 Å². The monoisotopic (exact) mass is 429 g/mol. The molecule has 2 aliphatic heterocycles. The Morgan fingerprint density at radius 3 is 2.26 bits per heavy atom. The third-order valence-electron chi connectivity index (χ3n) is 7.39. The Morgan fingerprint density at radius 2 is 1.70 bits per heavy atom. The van der Waals surface area contributed by atoms with E-state index in [0.29, 0.717) is 18.0 Å². The molecule has 0 N–H and O–H groups in total. The van der Waals surface area contributed by atoms with Gasteiger partial charge < -0.3 is 0 Å². The number of esters is 1. The molecule has 1 saturated carbocycles. The SMILES string of the molecule is COC(=O)C1C2CC[C@H](C[C@@H]1C1CC[CH]([Sn]([CH3])([CH3])[CH3])CC1)N2C. The van der Waals surface area contributed by atoms with Gasteiger partial charge in [-0.05, 0) is 0 Å². The van der Waals surface area contributed by atoms with Gasteiger partial charge >= 0.3 is 146 Å². The molecular formula is C19H35NO2Sn. The number of carbonyl (C=O) groups is 1. The Bertz CT molecular complexity index is 439. The average Bonchev–Trinajstić information content (AvgIpc) is 2.75. The van der Waals surface area contributed by atoms with E-state index in [2.05, 4.69) is 26.8 Å². The summed E-state index contributed by atoms with van der Waals surface area (Å²) in [5.74, 6) is 1.53. The molecule has 4 heteroatoms. The van der Waals surface area contributed by atoms with Crippen molar-refractivity contribution in [2.24, 2.45) is 17.8 Å². The fourth-order valence-corrected chi connectivity index (χ4v) is 11.8. The van der Waals surface area contributed by atoms with Crippen LogP contribution in [-0.4, -0.2) is 55.5 Å². The molecule has 3 fully saturated rings. The molecule has 132 valence electrons. The Balaban J connectivity index is 1.72. The molecule has 0 aromatic carbocycles. The van der Waals surface area contributed by atoms with Crippen LogP contribution in [0.25, 0.3) is 0 Å². The van der Waals surface area contributed by atoms with Crippen molar-refractivity contribution in [3.05, 3.63) is 0 Å². The second-order valence-corrected chi connectivity index (χ2v) is 25.2. The second-order valence-electron chi connectivity index (χ2n) is 9.39. The van der Waals surface area contributed by atoms with Crippen molar-refractivity contribution in [2.75, 3.05) is 14.2 Å². The Labute approximate surface area is 146 Å². The van der Waals surface area contributed by atoms with E-state index >= 15 is 0 Å². The summed E-state index contributed by atoms with van der Waals surface area (Å²) >= 11 is -1.74. The van der Waals surface area contributed by atoms with Crippen LogP contribution in [0.2, 0.25) is 18.8 Å². The molecule has 2 heterocycles. The third kappa shape index (κ3) is 3.47. The van der Waals surface area contributed by atoms with Crippen LogP contribution in [0.3, 0.4) is 0 Å². The van der Waals surface area contributed by atoms with Crippen molar-refractivity contribution in [3.63, 3.8) is 0 Å². The van der Waals surface area contributed by atoms with E-state index in [1.807, 2.05) is 0 Å². The van der Waals surface area contributed by atoms with Crippen LogP contribution in [0.5, 0.6) is 0 Å². The van der Waals surface area contributed by atoms with Crippen molar-refractivity contribution >= 4 is 24.3 Å². The van der Waals surface area contributed by atoms with Gasteiger partial charge in [-0.25, -0.2) is 0 Å². The first-order valence-corrected chi connectivity index (χ1v) is 19.8. The molecule has 3 aliphatic rings. The van der Waals surface area contributed by atoms with Crippen LogP contribution < -0.4 is 0 Å². The summed E-state index contributed by atoms with van der Waals surface area (Å²) in [6.45, 7) is 0. The van der Waals surface area contributed by atoms with Gasteiger partial charge in [0, 0.05) is 0 Å². The molecule has 2 saturated heterocycles. The fraction of sp³-hybridized carbons (Fsp3) is 0.947. The molecule has 0 radical (unpaired) electrons. The molecule has 23 heavy (non-hydrogen) atoms. The van der Waals surface area contributed by atoms with Crippen LogP contribution in [0, 0.1) is 17.8 Å². The van der Waals surface area contributed by atoms with E-state index in [0.717, 1.165) is 9.85 Å². The summed E-state index contributed by atoms with van der Waals surface area (Å²) in [5.41, 5.74) is 0. The maximum absolute atomic E-state index is 12.5. The normalized spacial score (nSPS) is 41.8. The predicted octanol–water partition coefficient (Wildman–Crippen LogP) is 4.16. The second kappa shape index (κ2) is 6.85. The van der Waals surface area contributed by atoms with Crippen LogP contribution in [0.4, 0.5) is 0 Å². The quantitative estimate of drug-likeness (QED) is 0.500. The van der Waals surface area contributed by atoms with Gasteiger partial charge in [-0.2, -0.15) is 0 Å². The van der Waals surface area contributed by atoms with Gasteiger partial charge in [-0.3, -0.25) is 0 Å².